The molecule has 0 amide bonds. The molecule has 0 spiro atoms. The second kappa shape index (κ2) is 8.18. The van der Waals surface area contributed by atoms with Crippen LogP contribution in [0.3, 0.4) is 0 Å². The average molecular weight is 391 g/mol. The number of nitrogens with zero attached hydrogens (tertiary/aromatic N) is 1. The number of hydrogen-bond donors (Lipinski definition) is 2. The molecule has 0 heterocycles. The van der Waals surface area contributed by atoms with Crippen LogP contribution in [0.25, 0.3) is 0 Å². The van der Waals surface area contributed by atoms with E-state index in [9.17, 15) is 0 Å². The summed E-state index contributed by atoms with van der Waals surface area (Å²) in [6.07, 6.45) is 3.16. The molecule has 0 atom stereocenters. The van der Waals surface area contributed by atoms with Crippen molar-refractivity contribution in [3.63, 3.8) is 0 Å². The summed E-state index contributed by atoms with van der Waals surface area (Å²) in [7, 11) is 3.32. The fraction of sp³-hybridized carbons (Fsp3) is 0.500. The smallest absolute Gasteiger partial charge is 0.188 e. The Hall–Kier alpha value is -1.18. The third kappa shape index (κ3) is 5.07. The Bertz CT molecular complexity index is 462. The Kier molecular flexibility index (Phi) is 6.90. The third-order valence-corrected chi connectivity index (χ3v) is 3.08. The Morgan fingerprint density at radius 3 is 2.70 bits per heavy atom. The standard InChI is InChI=1S/C14H21N3O2.HI/c1-18-12-5-6-13(19-2)10(9-12)7-8-16-14(15)17-11-3-4-11;/h5-6,9,11H,3-4,7-8H2,1-2H3,(H3,15,16,17);1H. The lowest BCUT2D eigenvalue weighted by atomic mass is 10.1. The molecule has 1 aliphatic carbocycles. The van der Waals surface area contributed by atoms with Gasteiger partial charge in [0.2, 0.25) is 0 Å². The molecule has 2 rings (SSSR count). The van der Waals surface area contributed by atoms with Crippen LogP contribution >= 0.6 is 24.0 Å². The van der Waals surface area contributed by atoms with Crippen LogP contribution in [-0.2, 0) is 6.42 Å². The van der Waals surface area contributed by atoms with Crippen LogP contribution in [-0.4, -0.2) is 32.8 Å². The fourth-order valence-electron chi connectivity index (χ4n) is 1.86. The maximum atomic E-state index is 5.79. The van der Waals surface area contributed by atoms with E-state index < -0.39 is 0 Å². The Morgan fingerprint density at radius 2 is 2.10 bits per heavy atom. The first kappa shape index (κ1) is 16.9. The molecule has 0 saturated heterocycles. The normalized spacial score (nSPS) is 14.4. The molecule has 6 heteroatoms. The topological polar surface area (TPSA) is 68.9 Å². The average Bonchev–Trinajstić information content (AvgIpc) is 3.22. The lowest BCUT2D eigenvalue weighted by Crippen LogP contribution is -2.33. The maximum Gasteiger partial charge on any atom is 0.188 e. The summed E-state index contributed by atoms with van der Waals surface area (Å²) in [5.74, 6) is 2.21. The van der Waals surface area contributed by atoms with E-state index in [2.05, 4.69) is 10.3 Å². The number of rotatable bonds is 6. The molecule has 5 nitrogen and oxygen atoms in total. The van der Waals surface area contributed by atoms with Crippen molar-refractivity contribution in [1.29, 1.82) is 0 Å². The molecule has 1 aromatic carbocycles. The number of halogens is 1. The Morgan fingerprint density at radius 1 is 1.35 bits per heavy atom. The van der Waals surface area contributed by atoms with Crippen molar-refractivity contribution >= 4 is 29.9 Å². The molecule has 1 aromatic rings. The predicted octanol–water partition coefficient (Wildman–Crippen LogP) is 1.93. The van der Waals surface area contributed by atoms with E-state index in [4.69, 9.17) is 15.2 Å². The summed E-state index contributed by atoms with van der Waals surface area (Å²) in [6.45, 7) is 0.634. The van der Waals surface area contributed by atoms with Crippen LogP contribution in [0.2, 0.25) is 0 Å². The summed E-state index contributed by atoms with van der Waals surface area (Å²) in [6, 6.07) is 6.30. The Labute approximate surface area is 137 Å². The summed E-state index contributed by atoms with van der Waals surface area (Å²) < 4.78 is 10.5. The highest BCUT2D eigenvalue weighted by atomic mass is 127. The highest BCUT2D eigenvalue weighted by molar-refractivity contribution is 14.0. The monoisotopic (exact) mass is 391 g/mol. The number of nitrogens with two attached hydrogens (primary N) is 1. The lowest BCUT2D eigenvalue weighted by Gasteiger charge is -2.09. The molecule has 112 valence electrons. The van der Waals surface area contributed by atoms with Gasteiger partial charge in [-0.1, -0.05) is 0 Å². The van der Waals surface area contributed by atoms with Gasteiger partial charge in [0, 0.05) is 12.6 Å². The zero-order valence-corrected chi connectivity index (χ0v) is 14.2. The first-order valence-electron chi connectivity index (χ1n) is 6.50. The van der Waals surface area contributed by atoms with Gasteiger partial charge in [-0.2, -0.15) is 0 Å². The summed E-state index contributed by atoms with van der Waals surface area (Å²) >= 11 is 0. The summed E-state index contributed by atoms with van der Waals surface area (Å²) in [4.78, 5) is 4.32. The van der Waals surface area contributed by atoms with Crippen LogP contribution in [0.1, 0.15) is 18.4 Å². The van der Waals surface area contributed by atoms with Gasteiger partial charge in [-0.3, -0.25) is 4.99 Å². The molecule has 0 radical (unpaired) electrons. The van der Waals surface area contributed by atoms with Gasteiger partial charge in [0.15, 0.2) is 5.96 Å². The van der Waals surface area contributed by atoms with Gasteiger partial charge in [0.1, 0.15) is 11.5 Å². The number of benzene rings is 1. The van der Waals surface area contributed by atoms with Crippen LogP contribution in [0.4, 0.5) is 0 Å². The van der Waals surface area contributed by atoms with E-state index in [0.717, 1.165) is 23.5 Å². The fourth-order valence-corrected chi connectivity index (χ4v) is 1.86. The van der Waals surface area contributed by atoms with E-state index in [1.54, 1.807) is 14.2 Å². The van der Waals surface area contributed by atoms with Gasteiger partial charge in [-0.25, -0.2) is 0 Å². The van der Waals surface area contributed by atoms with E-state index in [-0.39, 0.29) is 24.0 Å². The molecule has 0 aromatic heterocycles. The predicted molar refractivity (Wildman–Crippen MR) is 91.3 cm³/mol. The minimum absolute atomic E-state index is 0. The number of hydrogen-bond acceptors (Lipinski definition) is 3. The van der Waals surface area contributed by atoms with Gasteiger partial charge in [-0.15, -0.1) is 24.0 Å². The molecule has 3 N–H and O–H groups in total. The zero-order chi connectivity index (χ0) is 13.7. The maximum absolute atomic E-state index is 5.79. The number of nitrogens with one attached hydrogen (secondary N) is 1. The number of aliphatic imine (C=N–C) groups is 1. The molecular weight excluding hydrogens is 369 g/mol. The van der Waals surface area contributed by atoms with Crippen molar-refractivity contribution in [1.82, 2.24) is 5.32 Å². The minimum Gasteiger partial charge on any atom is -0.497 e. The molecule has 20 heavy (non-hydrogen) atoms. The second-order valence-corrected chi connectivity index (χ2v) is 4.61. The van der Waals surface area contributed by atoms with Crippen molar-refractivity contribution in [2.75, 3.05) is 20.8 Å². The largest absolute Gasteiger partial charge is 0.497 e. The molecule has 1 saturated carbocycles. The van der Waals surface area contributed by atoms with Crippen molar-refractivity contribution in [2.24, 2.45) is 10.7 Å². The summed E-state index contributed by atoms with van der Waals surface area (Å²) in [5, 5.41) is 3.16. The molecule has 1 aliphatic rings. The lowest BCUT2D eigenvalue weighted by molar-refractivity contribution is 0.399. The highest BCUT2D eigenvalue weighted by Gasteiger charge is 2.21. The van der Waals surface area contributed by atoms with Gasteiger partial charge in [-0.05, 0) is 43.0 Å². The Balaban J connectivity index is 0.00000200. The van der Waals surface area contributed by atoms with Crippen molar-refractivity contribution in [2.45, 2.75) is 25.3 Å². The van der Waals surface area contributed by atoms with E-state index in [0.29, 0.717) is 18.5 Å². The van der Waals surface area contributed by atoms with Gasteiger partial charge in [0.05, 0.1) is 14.2 Å². The summed E-state index contributed by atoms with van der Waals surface area (Å²) in [5.41, 5.74) is 6.86. The quantitative estimate of drug-likeness (QED) is 0.442. The van der Waals surface area contributed by atoms with Crippen LogP contribution < -0.4 is 20.5 Å². The minimum atomic E-state index is 0. The highest BCUT2D eigenvalue weighted by Crippen LogP contribution is 2.24. The third-order valence-electron chi connectivity index (χ3n) is 3.08. The SMILES string of the molecule is COc1ccc(OC)c(CCN=C(N)NC2CC2)c1.I. The van der Waals surface area contributed by atoms with Gasteiger partial charge in [0.25, 0.3) is 0 Å². The first-order chi connectivity index (χ1) is 9.22. The van der Waals surface area contributed by atoms with Crippen LogP contribution in [0, 0.1) is 0 Å². The molecule has 1 fully saturated rings. The van der Waals surface area contributed by atoms with Crippen molar-refractivity contribution in [3.05, 3.63) is 23.8 Å². The van der Waals surface area contributed by atoms with E-state index >= 15 is 0 Å². The van der Waals surface area contributed by atoms with Gasteiger partial charge < -0.3 is 20.5 Å². The van der Waals surface area contributed by atoms with E-state index in [1.807, 2.05) is 18.2 Å². The number of guanidine groups is 1. The van der Waals surface area contributed by atoms with Crippen LogP contribution in [0.5, 0.6) is 11.5 Å². The second-order valence-electron chi connectivity index (χ2n) is 4.61. The molecule has 0 aliphatic heterocycles. The first-order valence-corrected chi connectivity index (χ1v) is 6.50. The molecule has 0 bridgehead atoms. The van der Waals surface area contributed by atoms with E-state index in [1.165, 1.54) is 12.8 Å². The van der Waals surface area contributed by atoms with Crippen molar-refractivity contribution in [3.8, 4) is 11.5 Å². The van der Waals surface area contributed by atoms with Crippen LogP contribution in [0.15, 0.2) is 23.2 Å². The number of methoxy groups -OCH3 is 2. The molecule has 0 unspecified atom stereocenters. The number of ether oxygens (including phenoxy) is 2. The molecular formula is C14H22IN3O2. The van der Waals surface area contributed by atoms with Crippen molar-refractivity contribution < 1.29 is 9.47 Å². The van der Waals surface area contributed by atoms with Gasteiger partial charge >= 0.3 is 0 Å². The zero-order valence-electron chi connectivity index (χ0n) is 11.9.